The number of tetrazole rings is 1. The predicted octanol–water partition coefficient (Wildman–Crippen LogP) is 0.0922. The third-order valence-electron chi connectivity index (χ3n) is 2.31. The van der Waals surface area contributed by atoms with Gasteiger partial charge in [0.15, 0.2) is 11.5 Å². The number of nitrogens with one attached hydrogen (secondary N) is 1. The Labute approximate surface area is 92.5 Å². The van der Waals surface area contributed by atoms with Gasteiger partial charge in [-0.1, -0.05) is 0 Å². The van der Waals surface area contributed by atoms with E-state index in [9.17, 15) is 0 Å². The van der Waals surface area contributed by atoms with Gasteiger partial charge >= 0.3 is 0 Å². The quantitative estimate of drug-likeness (QED) is 0.762. The minimum absolute atomic E-state index is 0.124. The molecule has 0 unspecified atom stereocenters. The molecule has 0 saturated carbocycles. The highest BCUT2D eigenvalue weighted by Gasteiger charge is 2.18. The topological polar surface area (TPSA) is 88.2 Å². The van der Waals surface area contributed by atoms with Crippen molar-refractivity contribution < 1.29 is 5.11 Å². The summed E-state index contributed by atoms with van der Waals surface area (Å²) in [5.74, 6) is 0.709. The second-order valence-corrected chi connectivity index (χ2v) is 4.22. The summed E-state index contributed by atoms with van der Waals surface area (Å²) in [5.41, 5.74) is 0.348. The number of anilines is 1. The zero-order valence-corrected chi connectivity index (χ0v) is 9.25. The zero-order valence-electron chi connectivity index (χ0n) is 9.25. The standard InChI is InChI=1S/C9H14N6O/c1-9(2,3-4-16)11-7-5-10-6-8-12-13-14-15(7)8/h5-6,11,16H,3-4H2,1-2H3. The molecular weight excluding hydrogens is 208 g/mol. The summed E-state index contributed by atoms with van der Waals surface area (Å²) in [7, 11) is 0. The minimum Gasteiger partial charge on any atom is -0.396 e. The van der Waals surface area contributed by atoms with Gasteiger partial charge in [0.25, 0.3) is 0 Å². The molecule has 7 heteroatoms. The molecule has 0 fully saturated rings. The smallest absolute Gasteiger partial charge is 0.199 e. The van der Waals surface area contributed by atoms with E-state index in [4.69, 9.17) is 5.11 Å². The fourth-order valence-corrected chi connectivity index (χ4v) is 1.45. The summed E-state index contributed by atoms with van der Waals surface area (Å²) < 4.78 is 1.58. The van der Waals surface area contributed by atoms with Gasteiger partial charge in [-0.2, -0.15) is 4.52 Å². The van der Waals surface area contributed by atoms with Crippen LogP contribution in [0.2, 0.25) is 0 Å². The molecule has 0 aliphatic heterocycles. The van der Waals surface area contributed by atoms with Crippen LogP contribution in [0.4, 0.5) is 5.82 Å². The number of nitrogens with zero attached hydrogens (tertiary/aromatic N) is 5. The maximum Gasteiger partial charge on any atom is 0.199 e. The number of fused-ring (bicyclic) bond motifs is 1. The van der Waals surface area contributed by atoms with E-state index in [1.165, 1.54) is 0 Å². The number of hydrogen-bond acceptors (Lipinski definition) is 6. The molecule has 0 bridgehead atoms. The Hall–Kier alpha value is -1.76. The van der Waals surface area contributed by atoms with Crippen LogP contribution < -0.4 is 5.32 Å². The van der Waals surface area contributed by atoms with Crippen molar-refractivity contribution in [1.29, 1.82) is 0 Å². The molecule has 0 saturated heterocycles. The van der Waals surface area contributed by atoms with Crippen LogP contribution >= 0.6 is 0 Å². The number of hydrogen-bond donors (Lipinski definition) is 2. The Kier molecular flexibility index (Phi) is 2.69. The fraction of sp³-hybridized carbons (Fsp3) is 0.556. The van der Waals surface area contributed by atoms with E-state index < -0.39 is 0 Å². The number of aliphatic hydroxyl groups is 1. The van der Waals surface area contributed by atoms with Crippen molar-refractivity contribution in [2.75, 3.05) is 11.9 Å². The lowest BCUT2D eigenvalue weighted by Crippen LogP contribution is -2.33. The van der Waals surface area contributed by atoms with Gasteiger partial charge in [0.05, 0.1) is 12.4 Å². The van der Waals surface area contributed by atoms with Crippen molar-refractivity contribution in [2.45, 2.75) is 25.8 Å². The molecule has 2 heterocycles. The molecule has 0 amide bonds. The van der Waals surface area contributed by atoms with Gasteiger partial charge in [-0.25, -0.2) is 0 Å². The summed E-state index contributed by atoms with van der Waals surface area (Å²) in [5, 5.41) is 23.4. The van der Waals surface area contributed by atoms with E-state index in [1.54, 1.807) is 16.9 Å². The van der Waals surface area contributed by atoms with Gasteiger partial charge in [0.2, 0.25) is 0 Å². The monoisotopic (exact) mass is 222 g/mol. The SMILES string of the molecule is CC(C)(CCO)Nc1cncc2nnnn12. The molecule has 2 N–H and O–H groups in total. The lowest BCUT2D eigenvalue weighted by atomic mass is 10.0. The van der Waals surface area contributed by atoms with E-state index in [0.29, 0.717) is 17.9 Å². The van der Waals surface area contributed by atoms with Gasteiger partial charge in [0.1, 0.15) is 0 Å². The highest BCUT2D eigenvalue weighted by Crippen LogP contribution is 2.16. The summed E-state index contributed by atoms with van der Waals surface area (Å²) in [6.07, 6.45) is 3.87. The average Bonchev–Trinajstić information content (AvgIpc) is 2.65. The van der Waals surface area contributed by atoms with E-state index in [0.717, 1.165) is 0 Å². The highest BCUT2D eigenvalue weighted by atomic mass is 16.3. The summed E-state index contributed by atoms with van der Waals surface area (Å²) in [6.45, 7) is 4.11. The summed E-state index contributed by atoms with van der Waals surface area (Å²) >= 11 is 0. The van der Waals surface area contributed by atoms with Gasteiger partial charge in [-0.3, -0.25) is 4.98 Å². The van der Waals surface area contributed by atoms with Crippen molar-refractivity contribution in [1.82, 2.24) is 25.0 Å². The second kappa shape index (κ2) is 4.01. The molecule has 0 radical (unpaired) electrons. The third kappa shape index (κ3) is 2.08. The fourth-order valence-electron chi connectivity index (χ4n) is 1.45. The highest BCUT2D eigenvalue weighted by molar-refractivity contribution is 5.45. The molecule has 0 atom stereocenters. The first-order valence-electron chi connectivity index (χ1n) is 5.03. The average molecular weight is 222 g/mol. The first-order valence-corrected chi connectivity index (χ1v) is 5.03. The Morgan fingerprint density at radius 1 is 1.44 bits per heavy atom. The predicted molar refractivity (Wildman–Crippen MR) is 58.0 cm³/mol. The van der Waals surface area contributed by atoms with Crippen LogP contribution in [0.15, 0.2) is 12.4 Å². The number of aliphatic hydroxyl groups excluding tert-OH is 1. The van der Waals surface area contributed by atoms with Crippen LogP contribution in [-0.2, 0) is 0 Å². The zero-order chi connectivity index (χ0) is 11.6. The maximum absolute atomic E-state index is 8.95. The lowest BCUT2D eigenvalue weighted by Gasteiger charge is -2.26. The van der Waals surface area contributed by atoms with Crippen molar-refractivity contribution in [3.05, 3.63) is 12.4 Å². The first-order chi connectivity index (χ1) is 7.62. The van der Waals surface area contributed by atoms with Gasteiger partial charge in [-0.15, -0.1) is 5.10 Å². The van der Waals surface area contributed by atoms with Crippen LogP contribution in [0.25, 0.3) is 5.65 Å². The van der Waals surface area contributed by atoms with Crippen molar-refractivity contribution in [2.24, 2.45) is 0 Å². The van der Waals surface area contributed by atoms with E-state index >= 15 is 0 Å². The Morgan fingerprint density at radius 3 is 3.00 bits per heavy atom. The van der Waals surface area contributed by atoms with E-state index in [-0.39, 0.29) is 12.1 Å². The van der Waals surface area contributed by atoms with Crippen LogP contribution in [0.3, 0.4) is 0 Å². The Balaban J connectivity index is 2.30. The number of aromatic nitrogens is 5. The lowest BCUT2D eigenvalue weighted by molar-refractivity contribution is 0.260. The van der Waals surface area contributed by atoms with Crippen LogP contribution in [0, 0.1) is 0 Å². The molecule has 0 aliphatic carbocycles. The molecule has 16 heavy (non-hydrogen) atoms. The second-order valence-electron chi connectivity index (χ2n) is 4.22. The Morgan fingerprint density at radius 2 is 2.25 bits per heavy atom. The largest absolute Gasteiger partial charge is 0.396 e. The van der Waals surface area contributed by atoms with Gasteiger partial charge in [0, 0.05) is 12.1 Å². The van der Waals surface area contributed by atoms with Crippen molar-refractivity contribution in [3.8, 4) is 0 Å². The minimum atomic E-state index is -0.239. The third-order valence-corrected chi connectivity index (χ3v) is 2.31. The normalized spacial score (nSPS) is 11.9. The van der Waals surface area contributed by atoms with E-state index in [1.807, 2.05) is 13.8 Å². The molecule has 2 rings (SSSR count). The summed E-state index contributed by atoms with van der Waals surface area (Å²) in [6, 6.07) is 0. The maximum atomic E-state index is 8.95. The van der Waals surface area contributed by atoms with Crippen LogP contribution in [-0.4, -0.2) is 42.3 Å². The van der Waals surface area contributed by atoms with Gasteiger partial charge in [-0.05, 0) is 30.7 Å². The van der Waals surface area contributed by atoms with E-state index in [2.05, 4.69) is 25.8 Å². The first kappa shape index (κ1) is 10.7. The molecular formula is C9H14N6O. The van der Waals surface area contributed by atoms with Gasteiger partial charge < -0.3 is 10.4 Å². The summed E-state index contributed by atoms with van der Waals surface area (Å²) in [4.78, 5) is 4.04. The number of rotatable bonds is 4. The molecule has 7 nitrogen and oxygen atoms in total. The molecule has 0 aliphatic rings. The van der Waals surface area contributed by atoms with Crippen LogP contribution in [0.1, 0.15) is 20.3 Å². The molecule has 2 aromatic heterocycles. The molecule has 2 aromatic rings. The molecule has 86 valence electrons. The molecule has 0 spiro atoms. The molecule has 0 aromatic carbocycles. The Bertz CT molecular complexity index is 480. The van der Waals surface area contributed by atoms with Crippen LogP contribution in [0.5, 0.6) is 0 Å². The van der Waals surface area contributed by atoms with Crippen molar-refractivity contribution >= 4 is 11.5 Å². The van der Waals surface area contributed by atoms with Crippen molar-refractivity contribution in [3.63, 3.8) is 0 Å².